The second-order valence-electron chi connectivity index (χ2n) is 9.41. The predicted molar refractivity (Wildman–Crippen MR) is 148 cm³/mol. The Kier molecular flexibility index (Phi) is 8.02. The molecule has 2 saturated heterocycles. The Bertz CT molecular complexity index is 1310. The maximum Gasteiger partial charge on any atom is 0.266 e. The molecule has 39 heavy (non-hydrogen) atoms. The quantitative estimate of drug-likeness (QED) is 0.232. The highest BCUT2D eigenvalue weighted by atomic mass is 16.7. The molecule has 8 heteroatoms. The monoisotopic (exact) mass is 530 g/mol. The number of amides is 2. The average Bonchev–Trinajstić information content (AvgIpc) is 3.46. The van der Waals surface area contributed by atoms with Crippen molar-refractivity contribution in [1.82, 2.24) is 0 Å². The fourth-order valence-electron chi connectivity index (χ4n) is 5.13. The minimum Gasteiger partial charge on any atom is -0.492 e. The number of carbonyl (C=O) groups is 2. The van der Waals surface area contributed by atoms with Crippen LogP contribution in [0, 0.1) is 5.92 Å². The maximum absolute atomic E-state index is 14.1. The van der Waals surface area contributed by atoms with E-state index < -0.39 is 24.0 Å². The number of hydrogen-bond acceptors (Lipinski definition) is 7. The van der Waals surface area contributed by atoms with Gasteiger partial charge in [-0.15, -0.1) is 0 Å². The van der Waals surface area contributed by atoms with Crippen molar-refractivity contribution >= 4 is 23.2 Å². The lowest BCUT2D eigenvalue weighted by molar-refractivity contribution is -0.126. The third kappa shape index (κ3) is 5.04. The van der Waals surface area contributed by atoms with Gasteiger partial charge in [-0.05, 0) is 62.2 Å². The van der Waals surface area contributed by atoms with Crippen LogP contribution in [-0.2, 0) is 14.4 Å². The number of rotatable bonds is 11. The number of hydrogen-bond donors (Lipinski definition) is 0. The van der Waals surface area contributed by atoms with Gasteiger partial charge in [0.05, 0.1) is 37.2 Å². The van der Waals surface area contributed by atoms with Gasteiger partial charge in [0, 0.05) is 0 Å². The van der Waals surface area contributed by atoms with Gasteiger partial charge in [0.1, 0.15) is 11.7 Å². The Hall–Kier alpha value is -4.04. The summed E-state index contributed by atoms with van der Waals surface area (Å²) in [4.78, 5) is 35.3. The number of unbranched alkanes of at least 4 members (excludes halogenated alkanes) is 1. The van der Waals surface area contributed by atoms with Gasteiger partial charge in [-0.25, -0.2) is 9.96 Å². The van der Waals surface area contributed by atoms with Gasteiger partial charge in [0.2, 0.25) is 5.91 Å². The Morgan fingerprint density at radius 2 is 1.49 bits per heavy atom. The molecule has 2 amide bonds. The van der Waals surface area contributed by atoms with E-state index in [2.05, 4.69) is 6.92 Å². The molecule has 0 spiro atoms. The normalized spacial score (nSPS) is 20.3. The predicted octanol–water partition coefficient (Wildman–Crippen LogP) is 5.71. The topological polar surface area (TPSA) is 77.5 Å². The molecule has 0 saturated carbocycles. The maximum atomic E-state index is 14.1. The van der Waals surface area contributed by atoms with Gasteiger partial charge in [-0.3, -0.25) is 14.4 Å². The van der Waals surface area contributed by atoms with Crippen LogP contribution in [0.1, 0.15) is 45.2 Å². The lowest BCUT2D eigenvalue weighted by Gasteiger charge is -2.29. The number of para-hydroxylation sites is 3. The molecule has 3 aromatic rings. The van der Waals surface area contributed by atoms with Crippen LogP contribution < -0.4 is 24.2 Å². The second-order valence-corrected chi connectivity index (χ2v) is 9.41. The van der Waals surface area contributed by atoms with Crippen LogP contribution in [0.5, 0.6) is 17.2 Å². The molecule has 204 valence electrons. The molecular weight excluding hydrogens is 496 g/mol. The highest BCUT2D eigenvalue weighted by Crippen LogP contribution is 2.49. The number of anilines is 2. The average molecular weight is 531 g/mol. The van der Waals surface area contributed by atoms with E-state index in [-0.39, 0.29) is 5.91 Å². The molecule has 2 fully saturated rings. The molecule has 0 radical (unpaired) electrons. The van der Waals surface area contributed by atoms with Gasteiger partial charge in [-0.2, -0.15) is 0 Å². The van der Waals surface area contributed by atoms with Crippen molar-refractivity contribution in [3.8, 4) is 17.2 Å². The van der Waals surface area contributed by atoms with Gasteiger partial charge >= 0.3 is 0 Å². The summed E-state index contributed by atoms with van der Waals surface area (Å²) in [5, 5.41) is 1.68. The molecule has 2 heterocycles. The van der Waals surface area contributed by atoms with E-state index in [1.807, 2.05) is 68.4 Å². The van der Waals surface area contributed by atoms with Crippen LogP contribution >= 0.6 is 0 Å². The Morgan fingerprint density at radius 1 is 0.769 bits per heavy atom. The highest BCUT2D eigenvalue weighted by molar-refractivity contribution is 6.24. The zero-order chi connectivity index (χ0) is 27.4. The highest BCUT2D eigenvalue weighted by Gasteiger charge is 2.60. The SMILES string of the molecule is CCCCOc1ccc([C@H]2[C@@H]3C(=O)N(c4ccccc4OCC)C(=O)[C@H]3ON2c2ccccc2)cc1OCC. The lowest BCUT2D eigenvalue weighted by atomic mass is 9.90. The number of hydroxylamine groups is 1. The molecule has 0 bridgehead atoms. The molecule has 0 unspecified atom stereocenters. The molecule has 0 aromatic heterocycles. The third-order valence-electron chi connectivity index (χ3n) is 6.90. The summed E-state index contributed by atoms with van der Waals surface area (Å²) in [6.45, 7) is 7.35. The molecule has 2 aliphatic heterocycles. The van der Waals surface area contributed by atoms with Crippen LogP contribution in [-0.4, -0.2) is 37.7 Å². The summed E-state index contributed by atoms with van der Waals surface area (Å²) < 4.78 is 17.7. The molecule has 8 nitrogen and oxygen atoms in total. The first-order valence-corrected chi connectivity index (χ1v) is 13.6. The fourth-order valence-corrected chi connectivity index (χ4v) is 5.13. The molecular formula is C31H34N2O6. The Labute approximate surface area is 229 Å². The first-order chi connectivity index (χ1) is 19.1. The van der Waals surface area contributed by atoms with Gasteiger partial charge in [0.25, 0.3) is 5.91 Å². The van der Waals surface area contributed by atoms with Gasteiger partial charge < -0.3 is 14.2 Å². The molecule has 0 N–H and O–H groups in total. The van der Waals surface area contributed by atoms with Crippen molar-refractivity contribution in [2.24, 2.45) is 5.92 Å². The minimum absolute atomic E-state index is 0.332. The van der Waals surface area contributed by atoms with E-state index in [9.17, 15) is 9.59 Å². The van der Waals surface area contributed by atoms with Crippen molar-refractivity contribution in [3.63, 3.8) is 0 Å². The van der Waals surface area contributed by atoms with Gasteiger partial charge in [0.15, 0.2) is 17.6 Å². The van der Waals surface area contributed by atoms with E-state index in [1.54, 1.807) is 23.3 Å². The number of fused-ring (bicyclic) bond motifs is 1. The Balaban J connectivity index is 1.56. The smallest absolute Gasteiger partial charge is 0.266 e. The zero-order valence-corrected chi connectivity index (χ0v) is 22.5. The summed E-state index contributed by atoms with van der Waals surface area (Å²) in [6, 6.07) is 21.7. The first kappa shape index (κ1) is 26.6. The zero-order valence-electron chi connectivity index (χ0n) is 22.5. The number of ether oxygens (including phenoxy) is 3. The minimum atomic E-state index is -0.978. The van der Waals surface area contributed by atoms with Crippen molar-refractivity contribution < 1.29 is 28.6 Å². The summed E-state index contributed by atoms with van der Waals surface area (Å²) in [5.41, 5.74) is 1.96. The first-order valence-electron chi connectivity index (χ1n) is 13.6. The second kappa shape index (κ2) is 11.8. The number of nitrogens with zero attached hydrogens (tertiary/aromatic N) is 2. The van der Waals surface area contributed by atoms with E-state index in [0.29, 0.717) is 42.8 Å². The van der Waals surface area contributed by atoms with Crippen LogP contribution in [0.25, 0.3) is 0 Å². The largest absolute Gasteiger partial charge is 0.492 e. The number of benzene rings is 3. The molecule has 0 aliphatic carbocycles. The van der Waals surface area contributed by atoms with Gasteiger partial charge in [-0.1, -0.05) is 49.7 Å². The molecule has 3 atom stereocenters. The number of imide groups is 1. The van der Waals surface area contributed by atoms with Crippen molar-refractivity contribution in [2.45, 2.75) is 45.8 Å². The summed E-state index contributed by atoms with van der Waals surface area (Å²) in [6.07, 6.45) is 0.981. The van der Waals surface area contributed by atoms with Crippen LogP contribution in [0.15, 0.2) is 72.8 Å². The van der Waals surface area contributed by atoms with E-state index in [0.717, 1.165) is 24.1 Å². The lowest BCUT2D eigenvalue weighted by Crippen LogP contribution is -2.37. The van der Waals surface area contributed by atoms with Crippen molar-refractivity contribution in [3.05, 3.63) is 78.4 Å². The fraction of sp³-hybridized carbons (Fsp3) is 0.355. The number of carbonyl (C=O) groups excluding carboxylic acids is 2. The van der Waals surface area contributed by atoms with E-state index in [1.165, 1.54) is 4.90 Å². The van der Waals surface area contributed by atoms with Crippen LogP contribution in [0.4, 0.5) is 11.4 Å². The standard InChI is InChI=1S/C31H34N2O6/c1-4-7-19-38-25-18-17-21(20-26(25)37-6-3)28-27-29(39-33(28)22-13-9-8-10-14-22)31(35)32(30(27)34)23-15-11-12-16-24(23)36-5-2/h8-18,20,27-29H,4-7,19H2,1-3H3/t27-,28-,29-/m0/s1. The van der Waals surface area contributed by atoms with Crippen molar-refractivity contribution in [1.29, 1.82) is 0 Å². The summed E-state index contributed by atoms with van der Waals surface area (Å²) in [7, 11) is 0. The van der Waals surface area contributed by atoms with Crippen LogP contribution in [0.2, 0.25) is 0 Å². The van der Waals surface area contributed by atoms with E-state index in [4.69, 9.17) is 19.0 Å². The van der Waals surface area contributed by atoms with Crippen molar-refractivity contribution in [2.75, 3.05) is 29.8 Å². The van der Waals surface area contributed by atoms with E-state index >= 15 is 0 Å². The third-order valence-corrected chi connectivity index (χ3v) is 6.90. The summed E-state index contributed by atoms with van der Waals surface area (Å²) >= 11 is 0. The summed E-state index contributed by atoms with van der Waals surface area (Å²) in [5.74, 6) is 0.209. The Morgan fingerprint density at radius 3 is 2.23 bits per heavy atom. The van der Waals surface area contributed by atoms with Crippen LogP contribution in [0.3, 0.4) is 0 Å². The molecule has 2 aliphatic rings. The molecule has 5 rings (SSSR count). The molecule has 3 aromatic carbocycles.